The molecule has 17 nitrogen and oxygen atoms in total. The van der Waals surface area contributed by atoms with Crippen molar-refractivity contribution < 1.29 is 48.1 Å². The van der Waals surface area contributed by atoms with E-state index in [1.807, 2.05) is 5.43 Å². The van der Waals surface area contributed by atoms with Crippen molar-refractivity contribution in [1.82, 2.24) is 32.1 Å². The number of carbonyl (C=O) groups excluding carboxylic acids is 6. The monoisotopic (exact) mass is 531 g/mol. The topological polar surface area (TPSA) is 256 Å². The predicted molar refractivity (Wildman–Crippen MR) is 123 cm³/mol. The molecular weight excluding hydrogens is 498 g/mol. The van der Waals surface area contributed by atoms with Crippen LogP contribution in [-0.4, -0.2) is 97.7 Å². The largest absolute Gasteiger partial charge is 0.481 e. The summed E-state index contributed by atoms with van der Waals surface area (Å²) in [7, 11) is 0. The number of hydrogen-bond donors (Lipinski definition) is 8. The van der Waals surface area contributed by atoms with Crippen molar-refractivity contribution in [3.63, 3.8) is 0 Å². The molecular formula is C20H33N7O10. The average Bonchev–Trinajstić information content (AvgIpc) is 2.83. The Balaban J connectivity index is 3.02. The minimum Gasteiger partial charge on any atom is -0.481 e. The molecule has 0 saturated carbocycles. The van der Waals surface area contributed by atoms with Crippen molar-refractivity contribution in [2.75, 3.05) is 33.0 Å². The average molecular weight is 532 g/mol. The molecule has 1 saturated heterocycles. The van der Waals surface area contributed by atoms with Crippen LogP contribution in [0.15, 0.2) is 0 Å². The molecule has 0 spiro atoms. The number of amides is 7. The first-order valence-corrected chi connectivity index (χ1v) is 11.4. The molecule has 1 rings (SSSR count). The van der Waals surface area contributed by atoms with Crippen molar-refractivity contribution in [1.29, 1.82) is 0 Å². The molecule has 1 heterocycles. The van der Waals surface area contributed by atoms with E-state index >= 15 is 0 Å². The van der Waals surface area contributed by atoms with E-state index in [-0.39, 0.29) is 45.8 Å². The Morgan fingerprint density at radius 3 is 2.14 bits per heavy atom. The third-order valence-electron chi connectivity index (χ3n) is 4.82. The lowest BCUT2D eigenvalue weighted by molar-refractivity contribution is -0.137. The van der Waals surface area contributed by atoms with Gasteiger partial charge in [-0.05, 0) is 12.8 Å². The Morgan fingerprint density at radius 1 is 0.892 bits per heavy atom. The summed E-state index contributed by atoms with van der Waals surface area (Å²) in [5.74, 6) is -5.29. The van der Waals surface area contributed by atoms with Crippen LogP contribution in [0.2, 0.25) is 0 Å². The lowest BCUT2D eigenvalue weighted by Gasteiger charge is -2.22. The van der Waals surface area contributed by atoms with Gasteiger partial charge in [0.05, 0.1) is 26.2 Å². The van der Waals surface area contributed by atoms with E-state index in [2.05, 4.69) is 26.7 Å². The Kier molecular flexibility index (Phi) is 14.0. The number of hydrazine groups is 1. The molecule has 0 aromatic carbocycles. The minimum atomic E-state index is -1.56. The number of hydrogen-bond acceptors (Lipinski definition) is 9. The van der Waals surface area contributed by atoms with Crippen LogP contribution < -0.4 is 37.9 Å². The summed E-state index contributed by atoms with van der Waals surface area (Å²) in [5.41, 5.74) is 9.26. The number of ether oxygens (including phenoxy) is 2. The zero-order valence-electron chi connectivity index (χ0n) is 20.3. The number of nitrogens with two attached hydrogens (primary N) is 1. The molecule has 0 aliphatic carbocycles. The van der Waals surface area contributed by atoms with E-state index in [0.29, 0.717) is 0 Å². The fourth-order valence-electron chi connectivity index (χ4n) is 2.95. The van der Waals surface area contributed by atoms with Gasteiger partial charge in [0.2, 0.25) is 17.7 Å². The maximum atomic E-state index is 12.5. The summed E-state index contributed by atoms with van der Waals surface area (Å²) in [6.45, 7) is 1.46. The number of urea groups is 1. The molecule has 9 N–H and O–H groups in total. The van der Waals surface area contributed by atoms with Gasteiger partial charge in [0.1, 0.15) is 24.7 Å². The first-order chi connectivity index (χ1) is 17.5. The second-order valence-electron chi connectivity index (χ2n) is 7.79. The molecule has 3 atom stereocenters. The molecule has 1 aliphatic rings. The van der Waals surface area contributed by atoms with Gasteiger partial charge in [0, 0.05) is 13.0 Å². The van der Waals surface area contributed by atoms with E-state index < -0.39 is 72.5 Å². The third kappa shape index (κ3) is 13.0. The second kappa shape index (κ2) is 16.6. The highest BCUT2D eigenvalue weighted by Crippen LogP contribution is 2.00. The summed E-state index contributed by atoms with van der Waals surface area (Å²) < 4.78 is 10.4. The van der Waals surface area contributed by atoms with Crippen LogP contribution >= 0.6 is 0 Å². The van der Waals surface area contributed by atoms with Crippen molar-refractivity contribution in [2.24, 2.45) is 5.73 Å². The Labute approximate surface area is 211 Å². The lowest BCUT2D eigenvalue weighted by Crippen LogP contribution is -2.59. The number of carboxylic acids is 1. The van der Waals surface area contributed by atoms with Gasteiger partial charge in [-0.2, -0.15) is 0 Å². The zero-order chi connectivity index (χ0) is 27.8. The van der Waals surface area contributed by atoms with E-state index in [1.165, 1.54) is 0 Å². The Hall–Kier alpha value is -3.99. The molecule has 1 aliphatic heterocycles. The van der Waals surface area contributed by atoms with Gasteiger partial charge >= 0.3 is 12.0 Å². The molecule has 0 aromatic rings. The van der Waals surface area contributed by atoms with Crippen LogP contribution in [0.3, 0.4) is 0 Å². The van der Waals surface area contributed by atoms with Gasteiger partial charge in [0.25, 0.3) is 11.8 Å². The number of aliphatic carboxylic acids is 1. The van der Waals surface area contributed by atoms with Crippen LogP contribution in [0.1, 0.15) is 32.6 Å². The summed E-state index contributed by atoms with van der Waals surface area (Å²) >= 11 is 0. The smallest absolute Gasteiger partial charge is 0.316 e. The van der Waals surface area contributed by atoms with E-state index in [9.17, 15) is 33.6 Å². The van der Waals surface area contributed by atoms with Crippen LogP contribution in [0.25, 0.3) is 0 Å². The van der Waals surface area contributed by atoms with Crippen molar-refractivity contribution >= 4 is 41.5 Å². The van der Waals surface area contributed by atoms with Crippen LogP contribution in [0.5, 0.6) is 0 Å². The molecule has 0 radical (unpaired) electrons. The summed E-state index contributed by atoms with van der Waals surface area (Å²) in [4.78, 5) is 84.2. The maximum Gasteiger partial charge on any atom is 0.316 e. The second-order valence-corrected chi connectivity index (χ2v) is 7.79. The summed E-state index contributed by atoms with van der Waals surface area (Å²) in [6, 6.07) is -4.96. The quantitative estimate of drug-likeness (QED) is 0.165. The van der Waals surface area contributed by atoms with Gasteiger partial charge < -0.3 is 41.6 Å². The number of primary amides is 1. The number of carboxylic acid groups (broad SMARTS) is 1. The SMILES string of the molecule is CC[C@@H]1NC(=O)COCCOCCNC(=O)[C@H](CCC(=O)O)NC(=O)N[C@@H](CC(N)=O)C(=O)NNC1=O. The third-order valence-corrected chi connectivity index (χ3v) is 4.82. The zero-order valence-corrected chi connectivity index (χ0v) is 20.3. The van der Waals surface area contributed by atoms with Gasteiger partial charge in [-0.3, -0.25) is 39.6 Å². The normalized spacial score (nSPS) is 23.6. The highest BCUT2D eigenvalue weighted by atomic mass is 16.5. The molecule has 7 amide bonds. The molecule has 17 heteroatoms. The minimum absolute atomic E-state index is 0.0187. The van der Waals surface area contributed by atoms with Crippen molar-refractivity contribution in [2.45, 2.75) is 50.7 Å². The van der Waals surface area contributed by atoms with E-state index in [4.69, 9.17) is 20.3 Å². The molecule has 0 aromatic heterocycles. The highest BCUT2D eigenvalue weighted by Gasteiger charge is 2.28. The maximum absolute atomic E-state index is 12.5. The van der Waals surface area contributed by atoms with Crippen molar-refractivity contribution in [3.8, 4) is 0 Å². The van der Waals surface area contributed by atoms with Gasteiger partial charge in [-0.15, -0.1) is 0 Å². The molecule has 1 fully saturated rings. The first kappa shape index (κ1) is 31.0. The Morgan fingerprint density at radius 2 is 1.51 bits per heavy atom. The van der Waals surface area contributed by atoms with Crippen LogP contribution in [-0.2, 0) is 38.2 Å². The highest BCUT2D eigenvalue weighted by molar-refractivity contribution is 5.94. The van der Waals surface area contributed by atoms with Gasteiger partial charge in [-0.1, -0.05) is 6.92 Å². The molecule has 0 bridgehead atoms. The first-order valence-electron chi connectivity index (χ1n) is 11.4. The number of nitrogens with one attached hydrogen (secondary N) is 6. The fraction of sp³-hybridized carbons (Fsp3) is 0.650. The van der Waals surface area contributed by atoms with Gasteiger partial charge in [0.15, 0.2) is 0 Å². The van der Waals surface area contributed by atoms with E-state index in [0.717, 1.165) is 0 Å². The lowest BCUT2D eigenvalue weighted by atomic mass is 10.1. The molecule has 0 unspecified atom stereocenters. The number of carbonyl (C=O) groups is 7. The van der Waals surface area contributed by atoms with E-state index in [1.54, 1.807) is 6.92 Å². The summed E-state index contributed by atoms with van der Waals surface area (Å²) in [5, 5.41) is 18.3. The van der Waals surface area contributed by atoms with Crippen LogP contribution in [0.4, 0.5) is 4.79 Å². The van der Waals surface area contributed by atoms with Crippen LogP contribution in [0, 0.1) is 0 Å². The number of rotatable bonds is 6. The summed E-state index contributed by atoms with van der Waals surface area (Å²) in [6.07, 6.45) is -1.22. The molecule has 37 heavy (non-hydrogen) atoms. The standard InChI is InChI=1S/C20H33N7O10/c1-2-11-18(33)26-27-19(34)13(9-14(21)28)25-20(35)24-12(3-4-16(30)31)17(32)22-5-6-36-7-8-37-10-15(29)23-11/h11-13H,2-10H2,1H3,(H2,21,28)(H,22,32)(H,23,29)(H,26,33)(H,27,34)(H,30,31)(H2,24,25,35)/t11-,12-,13-/m0/s1. The van der Waals surface area contributed by atoms with Crippen molar-refractivity contribution in [3.05, 3.63) is 0 Å². The molecule has 208 valence electrons. The Bertz CT molecular complexity index is 853. The predicted octanol–water partition coefficient (Wildman–Crippen LogP) is -4.03. The van der Waals surface area contributed by atoms with Gasteiger partial charge in [-0.25, -0.2) is 4.79 Å². The fourth-order valence-corrected chi connectivity index (χ4v) is 2.95.